The molecule has 0 aliphatic rings. The van der Waals surface area contributed by atoms with Crippen LogP contribution in [0.1, 0.15) is 23.0 Å². The molecule has 0 aliphatic carbocycles. The molecule has 0 radical (unpaired) electrons. The lowest BCUT2D eigenvalue weighted by molar-refractivity contribution is -0.143. The standard InChI is InChI=1S/C19H18F3N3O2/c1-12(24-18(26)14-7-3-4-8-15(14)27-2)11-25-16(19(20,21)22)10-13-6-5-9-23-17(13)25/h3-10,12H,11H2,1-2H3,(H,24,26)/t12-/m1/s1. The number of rotatable bonds is 5. The molecular formula is C19H18F3N3O2. The Bertz CT molecular complexity index is 966. The molecule has 0 aliphatic heterocycles. The van der Waals surface area contributed by atoms with Gasteiger partial charge in [-0.2, -0.15) is 13.2 Å². The minimum atomic E-state index is -4.52. The van der Waals surface area contributed by atoms with Crippen LogP contribution in [0, 0.1) is 0 Å². The van der Waals surface area contributed by atoms with Crippen molar-refractivity contribution in [3.05, 3.63) is 59.9 Å². The first-order chi connectivity index (χ1) is 12.8. The Kier molecular flexibility index (Phi) is 5.07. The van der Waals surface area contributed by atoms with Gasteiger partial charge < -0.3 is 14.6 Å². The number of aromatic nitrogens is 2. The monoisotopic (exact) mass is 377 g/mol. The number of benzene rings is 1. The van der Waals surface area contributed by atoms with E-state index in [0.29, 0.717) is 16.7 Å². The van der Waals surface area contributed by atoms with Crippen LogP contribution in [-0.2, 0) is 12.7 Å². The van der Waals surface area contributed by atoms with Crippen molar-refractivity contribution in [1.82, 2.24) is 14.9 Å². The number of methoxy groups -OCH3 is 1. The average Bonchev–Trinajstić information content (AvgIpc) is 3.00. The predicted molar refractivity (Wildman–Crippen MR) is 94.7 cm³/mol. The Labute approximate surface area is 153 Å². The first-order valence-corrected chi connectivity index (χ1v) is 8.26. The van der Waals surface area contributed by atoms with Gasteiger partial charge in [0.2, 0.25) is 0 Å². The Morgan fingerprint density at radius 3 is 2.70 bits per heavy atom. The van der Waals surface area contributed by atoms with Crippen molar-refractivity contribution in [2.45, 2.75) is 25.7 Å². The van der Waals surface area contributed by atoms with Crippen LogP contribution in [0.3, 0.4) is 0 Å². The van der Waals surface area contributed by atoms with E-state index in [1.807, 2.05) is 0 Å². The molecule has 0 saturated heterocycles. The van der Waals surface area contributed by atoms with Crippen LogP contribution in [0.25, 0.3) is 11.0 Å². The topological polar surface area (TPSA) is 56.1 Å². The molecular weight excluding hydrogens is 359 g/mol. The van der Waals surface area contributed by atoms with Crippen LogP contribution < -0.4 is 10.1 Å². The van der Waals surface area contributed by atoms with Crippen molar-refractivity contribution < 1.29 is 22.7 Å². The predicted octanol–water partition coefficient (Wildman–Crippen LogP) is 3.88. The van der Waals surface area contributed by atoms with Crippen molar-refractivity contribution in [1.29, 1.82) is 0 Å². The van der Waals surface area contributed by atoms with Crippen LogP contribution >= 0.6 is 0 Å². The molecule has 1 atom stereocenters. The lowest BCUT2D eigenvalue weighted by Gasteiger charge is -2.19. The van der Waals surface area contributed by atoms with E-state index in [2.05, 4.69) is 10.3 Å². The maximum atomic E-state index is 13.4. The van der Waals surface area contributed by atoms with E-state index in [9.17, 15) is 18.0 Å². The van der Waals surface area contributed by atoms with E-state index >= 15 is 0 Å². The maximum Gasteiger partial charge on any atom is 0.431 e. The van der Waals surface area contributed by atoms with Gasteiger partial charge >= 0.3 is 6.18 Å². The number of hydrogen-bond donors (Lipinski definition) is 1. The van der Waals surface area contributed by atoms with Gasteiger partial charge in [-0.15, -0.1) is 0 Å². The molecule has 1 amide bonds. The summed E-state index contributed by atoms with van der Waals surface area (Å²) in [5, 5.41) is 3.11. The zero-order chi connectivity index (χ0) is 19.6. The molecule has 3 rings (SSSR count). The number of nitrogens with one attached hydrogen (secondary N) is 1. The van der Waals surface area contributed by atoms with Gasteiger partial charge in [0.1, 0.15) is 17.1 Å². The number of carbonyl (C=O) groups is 1. The van der Waals surface area contributed by atoms with Gasteiger partial charge in [-0.05, 0) is 37.3 Å². The van der Waals surface area contributed by atoms with Gasteiger partial charge in [0, 0.05) is 24.2 Å². The van der Waals surface area contributed by atoms with Crippen molar-refractivity contribution in [2.24, 2.45) is 0 Å². The van der Waals surface area contributed by atoms with E-state index in [-0.39, 0.29) is 12.2 Å². The second-order valence-electron chi connectivity index (χ2n) is 6.13. The summed E-state index contributed by atoms with van der Waals surface area (Å²) < 4.78 is 46.5. The Hall–Kier alpha value is -3.03. The van der Waals surface area contributed by atoms with E-state index in [4.69, 9.17) is 4.74 Å². The summed E-state index contributed by atoms with van der Waals surface area (Å²) in [4.78, 5) is 16.5. The van der Waals surface area contributed by atoms with Crippen LogP contribution in [0.4, 0.5) is 13.2 Å². The molecule has 0 spiro atoms. The number of carbonyl (C=O) groups excluding carboxylic acids is 1. The molecule has 2 aromatic heterocycles. The molecule has 3 aromatic rings. The van der Waals surface area contributed by atoms with Crippen molar-refractivity contribution in [3.63, 3.8) is 0 Å². The number of alkyl halides is 3. The first-order valence-electron chi connectivity index (χ1n) is 8.26. The fraction of sp³-hybridized carbons (Fsp3) is 0.263. The highest BCUT2D eigenvalue weighted by Gasteiger charge is 2.36. The maximum absolute atomic E-state index is 13.4. The first kappa shape index (κ1) is 18.8. The average molecular weight is 377 g/mol. The minimum Gasteiger partial charge on any atom is -0.496 e. The van der Waals surface area contributed by atoms with Crippen LogP contribution in [0.2, 0.25) is 0 Å². The van der Waals surface area contributed by atoms with E-state index < -0.39 is 23.8 Å². The van der Waals surface area contributed by atoms with Gasteiger partial charge in [0.05, 0.1) is 12.7 Å². The smallest absolute Gasteiger partial charge is 0.431 e. The highest BCUT2D eigenvalue weighted by atomic mass is 19.4. The quantitative estimate of drug-likeness (QED) is 0.734. The Balaban J connectivity index is 1.86. The fourth-order valence-electron chi connectivity index (χ4n) is 2.96. The second-order valence-corrected chi connectivity index (χ2v) is 6.13. The number of hydrogen-bond acceptors (Lipinski definition) is 3. The van der Waals surface area contributed by atoms with Gasteiger partial charge in [0.25, 0.3) is 5.91 Å². The van der Waals surface area contributed by atoms with Gasteiger partial charge in [-0.3, -0.25) is 4.79 Å². The number of nitrogens with zero attached hydrogens (tertiary/aromatic N) is 2. The van der Waals surface area contributed by atoms with Gasteiger partial charge in [0.15, 0.2) is 0 Å². The summed E-state index contributed by atoms with van der Waals surface area (Å²) in [6, 6.07) is 10.3. The largest absolute Gasteiger partial charge is 0.496 e. The summed E-state index contributed by atoms with van der Waals surface area (Å²) in [5.41, 5.74) is -0.254. The number of para-hydroxylation sites is 1. The third kappa shape index (κ3) is 3.89. The number of ether oxygens (including phenoxy) is 1. The lowest BCUT2D eigenvalue weighted by atomic mass is 10.1. The van der Waals surface area contributed by atoms with Crippen molar-refractivity contribution in [2.75, 3.05) is 7.11 Å². The number of fused-ring (bicyclic) bond motifs is 1. The van der Waals surface area contributed by atoms with Crippen LogP contribution in [0.5, 0.6) is 5.75 Å². The number of halogens is 3. The van der Waals surface area contributed by atoms with Gasteiger partial charge in [-0.1, -0.05) is 12.1 Å². The molecule has 0 unspecified atom stereocenters. The molecule has 1 N–H and O–H groups in total. The molecule has 0 bridgehead atoms. The molecule has 0 saturated carbocycles. The zero-order valence-electron chi connectivity index (χ0n) is 14.7. The molecule has 5 nitrogen and oxygen atoms in total. The van der Waals surface area contributed by atoms with Crippen molar-refractivity contribution in [3.8, 4) is 5.75 Å². The molecule has 142 valence electrons. The molecule has 27 heavy (non-hydrogen) atoms. The summed E-state index contributed by atoms with van der Waals surface area (Å²) in [7, 11) is 1.45. The normalized spacial score (nSPS) is 12.8. The van der Waals surface area contributed by atoms with Gasteiger partial charge in [-0.25, -0.2) is 4.98 Å². The summed E-state index contributed by atoms with van der Waals surface area (Å²) in [6.45, 7) is 1.57. The highest BCUT2D eigenvalue weighted by molar-refractivity contribution is 5.97. The van der Waals surface area contributed by atoms with E-state index in [1.54, 1.807) is 43.3 Å². The minimum absolute atomic E-state index is 0.0732. The summed E-state index contributed by atoms with van der Waals surface area (Å²) >= 11 is 0. The molecule has 0 fully saturated rings. The lowest BCUT2D eigenvalue weighted by Crippen LogP contribution is -2.36. The third-order valence-electron chi connectivity index (χ3n) is 4.13. The van der Waals surface area contributed by atoms with E-state index in [0.717, 1.165) is 10.6 Å². The second kappa shape index (κ2) is 7.30. The SMILES string of the molecule is COc1ccccc1C(=O)N[C@H](C)Cn1c(C(F)(F)F)cc2cccnc21. The number of pyridine rings is 1. The van der Waals surface area contributed by atoms with Crippen LogP contribution in [-0.4, -0.2) is 28.6 Å². The fourth-order valence-corrected chi connectivity index (χ4v) is 2.96. The zero-order valence-corrected chi connectivity index (χ0v) is 14.7. The summed E-state index contributed by atoms with van der Waals surface area (Å²) in [6.07, 6.45) is -3.08. The van der Waals surface area contributed by atoms with Crippen molar-refractivity contribution >= 4 is 16.9 Å². The third-order valence-corrected chi connectivity index (χ3v) is 4.13. The Morgan fingerprint density at radius 1 is 1.26 bits per heavy atom. The number of amides is 1. The van der Waals surface area contributed by atoms with Crippen LogP contribution in [0.15, 0.2) is 48.7 Å². The highest BCUT2D eigenvalue weighted by Crippen LogP contribution is 2.33. The molecule has 8 heteroatoms. The molecule has 2 heterocycles. The van der Waals surface area contributed by atoms with E-state index in [1.165, 1.54) is 13.3 Å². The molecule has 1 aromatic carbocycles. The summed E-state index contributed by atoms with van der Waals surface area (Å²) in [5.74, 6) is -0.0239. The Morgan fingerprint density at radius 2 is 2.00 bits per heavy atom.